The van der Waals surface area contributed by atoms with Crippen molar-refractivity contribution >= 4 is 5.91 Å². The molecule has 7 heteroatoms. The summed E-state index contributed by atoms with van der Waals surface area (Å²) in [5, 5.41) is 11.1. The number of nitrogens with one attached hydrogen (secondary N) is 1. The first-order valence-electron chi connectivity index (χ1n) is 5.70. The molecule has 4 N–H and O–H groups in total. The number of hydrogen-bond donors (Lipinski definition) is 3. The molecule has 0 aliphatic carbocycles. The van der Waals surface area contributed by atoms with Gasteiger partial charge in [-0.2, -0.15) is 0 Å². The molecule has 1 amide bonds. The Bertz CT molecular complexity index is 246. The summed E-state index contributed by atoms with van der Waals surface area (Å²) in [6.07, 6.45) is -2.95. The van der Waals surface area contributed by atoms with E-state index in [4.69, 9.17) is 10.8 Å². The average Bonchev–Trinajstić information content (AvgIpc) is 2.29. The van der Waals surface area contributed by atoms with E-state index in [2.05, 4.69) is 5.32 Å². The van der Waals surface area contributed by atoms with Gasteiger partial charge >= 0.3 is 0 Å². The Labute approximate surface area is 99.0 Å². The second-order valence-corrected chi connectivity index (χ2v) is 4.32. The van der Waals surface area contributed by atoms with Crippen LogP contribution in [0.25, 0.3) is 0 Å². The molecule has 0 radical (unpaired) electrons. The van der Waals surface area contributed by atoms with Crippen LogP contribution >= 0.6 is 0 Å². The van der Waals surface area contributed by atoms with Crippen molar-refractivity contribution < 1.29 is 18.7 Å². The van der Waals surface area contributed by atoms with Gasteiger partial charge < -0.3 is 16.2 Å². The van der Waals surface area contributed by atoms with Gasteiger partial charge in [-0.15, -0.1) is 0 Å². The molecule has 17 heavy (non-hydrogen) atoms. The molecule has 5 nitrogen and oxygen atoms in total. The number of alkyl halides is 2. The van der Waals surface area contributed by atoms with Crippen LogP contribution in [0.1, 0.15) is 12.8 Å². The Balaban J connectivity index is 2.16. The number of piperidine rings is 1. The normalized spacial score (nSPS) is 20.5. The van der Waals surface area contributed by atoms with Crippen LogP contribution in [0, 0.1) is 0 Å². The van der Waals surface area contributed by atoms with Crippen LogP contribution in [0.3, 0.4) is 0 Å². The second-order valence-electron chi connectivity index (χ2n) is 4.32. The predicted octanol–water partition coefficient (Wildman–Crippen LogP) is -0.848. The van der Waals surface area contributed by atoms with Crippen molar-refractivity contribution in [2.75, 3.05) is 26.2 Å². The van der Waals surface area contributed by atoms with E-state index in [-0.39, 0.29) is 18.5 Å². The second kappa shape index (κ2) is 6.83. The summed E-state index contributed by atoms with van der Waals surface area (Å²) >= 11 is 0. The lowest BCUT2D eigenvalue weighted by atomic mass is 10.1. The zero-order valence-electron chi connectivity index (χ0n) is 9.61. The Morgan fingerprint density at radius 3 is 2.59 bits per heavy atom. The number of hydrogen-bond acceptors (Lipinski definition) is 4. The van der Waals surface area contributed by atoms with Crippen molar-refractivity contribution in [3.63, 3.8) is 0 Å². The molecule has 1 saturated heterocycles. The molecule has 1 aliphatic heterocycles. The lowest BCUT2D eigenvalue weighted by molar-refractivity contribution is -0.123. The number of aliphatic hydroxyl groups is 1. The van der Waals surface area contributed by atoms with E-state index in [9.17, 15) is 13.6 Å². The van der Waals surface area contributed by atoms with Crippen molar-refractivity contribution in [3.8, 4) is 0 Å². The molecule has 1 rings (SSSR count). The largest absolute Gasteiger partial charge is 0.385 e. The van der Waals surface area contributed by atoms with Crippen molar-refractivity contribution in [2.45, 2.75) is 31.4 Å². The SMILES string of the molecule is NC1CCN(CC(=O)NCC(O)C(F)F)CC1. The van der Waals surface area contributed by atoms with E-state index in [1.54, 1.807) is 0 Å². The fraction of sp³-hybridized carbons (Fsp3) is 0.900. The van der Waals surface area contributed by atoms with Gasteiger partial charge in [-0.25, -0.2) is 8.78 Å². The fourth-order valence-electron chi connectivity index (χ4n) is 1.68. The number of nitrogens with two attached hydrogens (primary N) is 1. The van der Waals surface area contributed by atoms with Gasteiger partial charge in [0, 0.05) is 25.7 Å². The highest BCUT2D eigenvalue weighted by Crippen LogP contribution is 2.07. The van der Waals surface area contributed by atoms with Gasteiger partial charge in [0.05, 0.1) is 6.54 Å². The maximum absolute atomic E-state index is 12.0. The first kappa shape index (κ1) is 14.3. The highest BCUT2D eigenvalue weighted by Gasteiger charge is 2.20. The lowest BCUT2D eigenvalue weighted by Gasteiger charge is -2.29. The van der Waals surface area contributed by atoms with Crippen molar-refractivity contribution in [2.24, 2.45) is 5.73 Å². The third-order valence-corrected chi connectivity index (χ3v) is 2.80. The minimum Gasteiger partial charge on any atom is -0.385 e. The molecule has 1 aliphatic rings. The molecule has 0 bridgehead atoms. The maximum Gasteiger partial charge on any atom is 0.265 e. The highest BCUT2D eigenvalue weighted by atomic mass is 19.3. The number of likely N-dealkylation sites (tertiary alicyclic amines) is 1. The van der Waals surface area contributed by atoms with Crippen LogP contribution in [-0.2, 0) is 4.79 Å². The highest BCUT2D eigenvalue weighted by molar-refractivity contribution is 5.78. The molecule has 0 aromatic heterocycles. The minimum atomic E-state index is -2.83. The van der Waals surface area contributed by atoms with Crippen molar-refractivity contribution in [3.05, 3.63) is 0 Å². The van der Waals surface area contributed by atoms with Gasteiger partial charge in [0.15, 0.2) is 0 Å². The van der Waals surface area contributed by atoms with E-state index in [0.29, 0.717) is 0 Å². The van der Waals surface area contributed by atoms with Crippen molar-refractivity contribution in [1.29, 1.82) is 0 Å². The molecule has 0 saturated carbocycles. The van der Waals surface area contributed by atoms with Crippen LogP contribution in [0.15, 0.2) is 0 Å². The summed E-state index contributed by atoms with van der Waals surface area (Å²) < 4.78 is 23.9. The van der Waals surface area contributed by atoms with Crippen LogP contribution in [0.5, 0.6) is 0 Å². The summed E-state index contributed by atoms with van der Waals surface area (Å²) in [7, 11) is 0. The number of amides is 1. The van der Waals surface area contributed by atoms with E-state index in [1.165, 1.54) is 0 Å². The fourth-order valence-corrected chi connectivity index (χ4v) is 1.68. The zero-order valence-corrected chi connectivity index (χ0v) is 9.61. The summed E-state index contributed by atoms with van der Waals surface area (Å²) in [6, 6.07) is 0.190. The first-order valence-corrected chi connectivity index (χ1v) is 5.70. The Morgan fingerprint density at radius 1 is 1.47 bits per heavy atom. The summed E-state index contributed by atoms with van der Waals surface area (Å²) in [5.41, 5.74) is 5.72. The summed E-state index contributed by atoms with van der Waals surface area (Å²) in [5.74, 6) is -0.347. The predicted molar refractivity (Wildman–Crippen MR) is 58.7 cm³/mol. The molecule has 1 atom stereocenters. The molecular weight excluding hydrogens is 232 g/mol. The Kier molecular flexibility index (Phi) is 5.73. The molecule has 0 spiro atoms. The Hall–Kier alpha value is -0.790. The van der Waals surface area contributed by atoms with Crippen LogP contribution in [0.4, 0.5) is 8.78 Å². The van der Waals surface area contributed by atoms with Gasteiger partial charge in [-0.3, -0.25) is 9.69 Å². The molecule has 1 unspecified atom stereocenters. The van der Waals surface area contributed by atoms with Gasteiger partial charge in [0.25, 0.3) is 6.43 Å². The number of carbonyl (C=O) groups excluding carboxylic acids is 1. The minimum absolute atomic E-state index is 0.169. The number of carbonyl (C=O) groups is 1. The van der Waals surface area contributed by atoms with E-state index >= 15 is 0 Å². The topological polar surface area (TPSA) is 78.6 Å². The quantitative estimate of drug-likeness (QED) is 0.595. The van der Waals surface area contributed by atoms with E-state index < -0.39 is 19.1 Å². The number of halogens is 2. The monoisotopic (exact) mass is 251 g/mol. The van der Waals surface area contributed by atoms with Gasteiger partial charge in [0.1, 0.15) is 6.10 Å². The van der Waals surface area contributed by atoms with Crippen molar-refractivity contribution in [1.82, 2.24) is 10.2 Å². The third kappa shape index (κ3) is 5.38. The number of rotatable bonds is 5. The smallest absolute Gasteiger partial charge is 0.265 e. The summed E-state index contributed by atoms with van der Waals surface area (Å²) in [6.45, 7) is 1.24. The van der Waals surface area contributed by atoms with Crippen LogP contribution in [-0.4, -0.2) is 60.7 Å². The third-order valence-electron chi connectivity index (χ3n) is 2.80. The zero-order chi connectivity index (χ0) is 12.8. The average molecular weight is 251 g/mol. The molecule has 1 heterocycles. The van der Waals surface area contributed by atoms with E-state index in [1.807, 2.05) is 4.90 Å². The summed E-state index contributed by atoms with van der Waals surface area (Å²) in [4.78, 5) is 13.3. The van der Waals surface area contributed by atoms with Crippen LogP contribution < -0.4 is 11.1 Å². The first-order chi connectivity index (χ1) is 7.99. The number of nitrogens with zero attached hydrogens (tertiary/aromatic N) is 1. The van der Waals surface area contributed by atoms with Gasteiger partial charge in [-0.05, 0) is 12.8 Å². The standard InChI is InChI=1S/C10H19F2N3O2/c11-10(12)8(16)5-14-9(17)6-15-3-1-7(13)2-4-15/h7-8,10,16H,1-6,13H2,(H,14,17). The Morgan fingerprint density at radius 2 is 2.06 bits per heavy atom. The van der Waals surface area contributed by atoms with Gasteiger partial charge in [0.2, 0.25) is 5.91 Å². The number of aliphatic hydroxyl groups excluding tert-OH is 1. The molecule has 1 fully saturated rings. The molecule has 100 valence electrons. The molecule has 0 aromatic carbocycles. The van der Waals surface area contributed by atoms with Gasteiger partial charge in [-0.1, -0.05) is 0 Å². The lowest BCUT2D eigenvalue weighted by Crippen LogP contribution is -2.46. The molecular formula is C10H19F2N3O2. The van der Waals surface area contributed by atoms with Crippen LogP contribution in [0.2, 0.25) is 0 Å². The molecule has 0 aromatic rings. The van der Waals surface area contributed by atoms with E-state index in [0.717, 1.165) is 25.9 Å². The maximum atomic E-state index is 12.0.